The van der Waals surface area contributed by atoms with E-state index in [1.165, 1.54) is 11.6 Å². The summed E-state index contributed by atoms with van der Waals surface area (Å²) in [6.45, 7) is 6.78. The third-order valence-electron chi connectivity index (χ3n) is 11.2. The highest BCUT2D eigenvalue weighted by Crippen LogP contribution is 2.43. The predicted octanol–water partition coefficient (Wildman–Crippen LogP) is 7.18. The van der Waals surface area contributed by atoms with Crippen molar-refractivity contribution < 1.29 is 4.39 Å². The maximum absolute atomic E-state index is 14.5. The molecule has 47 heavy (non-hydrogen) atoms. The number of hydrogen-bond acceptors (Lipinski definition) is 6. The van der Waals surface area contributed by atoms with E-state index in [0.717, 1.165) is 110 Å². The standard InChI is InChI=1S/C39H45FN6O/c1-25-18-33-36(44(3)39(25)47)20-30(21-37(33)46-17-16-43(2)35-11-6-27(23-41)19-38(35)46)28-12-14-45(15-13-28)24-26-4-7-29(8-5-26)32-10-9-31(42)22-34(32)40/h6,9-11,18-22,26,28-29H,4-5,7-8,12-17,24,42H2,1-3H3. The van der Waals surface area contributed by atoms with Gasteiger partial charge in [-0.3, -0.25) is 4.79 Å². The molecule has 7 rings (SSSR count). The molecule has 7 nitrogen and oxygen atoms in total. The summed E-state index contributed by atoms with van der Waals surface area (Å²) in [5.74, 6) is 1.19. The van der Waals surface area contributed by atoms with Crippen molar-refractivity contribution in [3.05, 3.63) is 93.0 Å². The topological polar surface area (TPSA) is 81.5 Å². The first-order valence-corrected chi connectivity index (χ1v) is 17.1. The second-order valence-electron chi connectivity index (χ2n) is 14.1. The van der Waals surface area contributed by atoms with E-state index in [0.29, 0.717) is 23.1 Å². The van der Waals surface area contributed by atoms with Crippen LogP contribution in [0.25, 0.3) is 10.9 Å². The van der Waals surface area contributed by atoms with Gasteiger partial charge in [0.05, 0.1) is 34.2 Å². The number of nitriles is 1. The van der Waals surface area contributed by atoms with Crippen LogP contribution in [0.3, 0.4) is 0 Å². The smallest absolute Gasteiger partial charge is 0.253 e. The van der Waals surface area contributed by atoms with Crippen molar-refractivity contribution in [3.8, 4) is 6.07 Å². The Morgan fingerprint density at radius 1 is 0.851 bits per heavy atom. The maximum atomic E-state index is 14.5. The molecule has 0 bridgehead atoms. The summed E-state index contributed by atoms with van der Waals surface area (Å²) >= 11 is 0. The van der Waals surface area contributed by atoms with Gasteiger partial charge < -0.3 is 25.0 Å². The van der Waals surface area contributed by atoms with Crippen LogP contribution in [0.4, 0.5) is 27.1 Å². The minimum atomic E-state index is -0.161. The van der Waals surface area contributed by atoms with Gasteiger partial charge in [0, 0.05) is 50.4 Å². The fourth-order valence-corrected chi connectivity index (χ4v) is 8.40. The molecule has 1 aliphatic carbocycles. The largest absolute Gasteiger partial charge is 0.399 e. The number of halogens is 1. The number of nitrogens with two attached hydrogens (primary N) is 1. The van der Waals surface area contributed by atoms with Crippen molar-refractivity contribution in [2.24, 2.45) is 13.0 Å². The minimum absolute atomic E-state index is 0.0369. The van der Waals surface area contributed by atoms with Gasteiger partial charge >= 0.3 is 0 Å². The van der Waals surface area contributed by atoms with Crippen molar-refractivity contribution in [2.75, 3.05) is 55.3 Å². The molecule has 3 aliphatic rings. The number of aryl methyl sites for hydroxylation is 2. The first-order valence-electron chi connectivity index (χ1n) is 17.1. The first kappa shape index (κ1) is 31.3. The van der Waals surface area contributed by atoms with E-state index in [1.807, 2.05) is 54.9 Å². The van der Waals surface area contributed by atoms with Crippen LogP contribution in [0, 0.1) is 30.0 Å². The molecule has 0 atom stereocenters. The number of hydrogen-bond donors (Lipinski definition) is 1. The van der Waals surface area contributed by atoms with E-state index < -0.39 is 0 Å². The zero-order valence-corrected chi connectivity index (χ0v) is 27.8. The predicted molar refractivity (Wildman–Crippen MR) is 189 cm³/mol. The molecule has 0 radical (unpaired) electrons. The van der Waals surface area contributed by atoms with Crippen molar-refractivity contribution in [3.63, 3.8) is 0 Å². The number of piperidine rings is 1. The van der Waals surface area contributed by atoms with Crippen LogP contribution < -0.4 is 21.1 Å². The zero-order chi connectivity index (χ0) is 32.8. The SMILES string of the molecule is Cc1cc2c(N3CCN(C)c4ccc(C#N)cc43)cc(C3CCN(CC4CCC(c5ccc(N)cc5F)CC4)CC3)cc2n(C)c1=O. The van der Waals surface area contributed by atoms with E-state index >= 15 is 0 Å². The highest BCUT2D eigenvalue weighted by Gasteiger charge is 2.30. The normalized spacial score (nSPS) is 20.7. The highest BCUT2D eigenvalue weighted by atomic mass is 19.1. The van der Waals surface area contributed by atoms with E-state index in [-0.39, 0.29) is 17.3 Å². The Kier molecular flexibility index (Phi) is 8.44. The average molecular weight is 633 g/mol. The molecule has 1 saturated heterocycles. The molecule has 4 aromatic rings. The lowest BCUT2D eigenvalue weighted by atomic mass is 9.78. The number of nitrogens with zero attached hydrogens (tertiary/aromatic N) is 5. The highest BCUT2D eigenvalue weighted by molar-refractivity contribution is 5.97. The van der Waals surface area contributed by atoms with Gasteiger partial charge in [-0.15, -0.1) is 0 Å². The van der Waals surface area contributed by atoms with Crippen LogP contribution in [0.5, 0.6) is 0 Å². The summed E-state index contributed by atoms with van der Waals surface area (Å²) in [5, 5.41) is 10.8. The van der Waals surface area contributed by atoms with E-state index in [2.05, 4.69) is 39.9 Å². The Morgan fingerprint density at radius 2 is 1.62 bits per heavy atom. The number of aromatic nitrogens is 1. The molecule has 3 heterocycles. The van der Waals surface area contributed by atoms with E-state index in [9.17, 15) is 14.4 Å². The van der Waals surface area contributed by atoms with Gasteiger partial charge in [0.2, 0.25) is 0 Å². The van der Waals surface area contributed by atoms with E-state index in [1.54, 1.807) is 0 Å². The summed E-state index contributed by atoms with van der Waals surface area (Å²) in [4.78, 5) is 20.4. The van der Waals surface area contributed by atoms with Crippen LogP contribution >= 0.6 is 0 Å². The van der Waals surface area contributed by atoms with Gasteiger partial charge in [0.1, 0.15) is 5.82 Å². The number of likely N-dealkylation sites (N-methyl/N-ethyl adjacent to an activating group) is 1. The van der Waals surface area contributed by atoms with Crippen LogP contribution in [0.2, 0.25) is 0 Å². The summed E-state index contributed by atoms with van der Waals surface area (Å²) in [6, 6.07) is 20.1. The van der Waals surface area contributed by atoms with Crippen molar-refractivity contribution in [1.29, 1.82) is 5.26 Å². The second kappa shape index (κ2) is 12.7. The average Bonchev–Trinajstić information content (AvgIpc) is 3.08. The Bertz CT molecular complexity index is 1910. The molecule has 1 saturated carbocycles. The lowest BCUT2D eigenvalue weighted by Crippen LogP contribution is -2.38. The van der Waals surface area contributed by atoms with Gasteiger partial charge in [-0.1, -0.05) is 6.07 Å². The number of pyridine rings is 1. The van der Waals surface area contributed by atoms with Crippen molar-refractivity contribution in [1.82, 2.24) is 9.47 Å². The molecule has 3 aromatic carbocycles. The van der Waals surface area contributed by atoms with Crippen molar-refractivity contribution in [2.45, 2.75) is 57.3 Å². The van der Waals surface area contributed by atoms with Crippen molar-refractivity contribution >= 4 is 33.7 Å². The third kappa shape index (κ3) is 5.98. The number of likely N-dealkylation sites (tertiary alicyclic amines) is 1. The Morgan fingerprint density at radius 3 is 2.34 bits per heavy atom. The quantitative estimate of drug-likeness (QED) is 0.235. The fraction of sp³-hybridized carbons (Fsp3) is 0.436. The van der Waals surface area contributed by atoms with Gasteiger partial charge in [0.15, 0.2) is 0 Å². The number of rotatable bonds is 5. The van der Waals surface area contributed by atoms with E-state index in [4.69, 9.17) is 5.73 Å². The Labute approximate surface area is 277 Å². The third-order valence-corrected chi connectivity index (χ3v) is 11.2. The molecule has 2 N–H and O–H groups in total. The van der Waals surface area contributed by atoms with Gasteiger partial charge in [-0.05, 0) is 136 Å². The summed E-state index contributed by atoms with van der Waals surface area (Å²) in [6.07, 6.45) is 6.49. The number of nitrogen functional groups attached to an aromatic ring is 1. The molecule has 0 spiro atoms. The minimum Gasteiger partial charge on any atom is -0.399 e. The van der Waals surface area contributed by atoms with Crippen LogP contribution in [0.15, 0.2) is 59.4 Å². The Hall–Kier alpha value is -4.35. The lowest BCUT2D eigenvalue weighted by molar-refractivity contribution is 0.159. The summed E-state index contributed by atoms with van der Waals surface area (Å²) in [5.41, 5.74) is 14.0. The number of benzene rings is 3. The molecular formula is C39H45FN6O. The van der Waals surface area contributed by atoms with Crippen LogP contribution in [-0.2, 0) is 7.05 Å². The van der Waals surface area contributed by atoms with Crippen LogP contribution in [0.1, 0.15) is 72.6 Å². The maximum Gasteiger partial charge on any atom is 0.253 e. The molecule has 244 valence electrons. The molecule has 8 heteroatoms. The zero-order valence-electron chi connectivity index (χ0n) is 27.8. The summed E-state index contributed by atoms with van der Waals surface area (Å²) in [7, 11) is 3.99. The first-order chi connectivity index (χ1) is 22.7. The van der Waals surface area contributed by atoms with Gasteiger partial charge in [-0.2, -0.15) is 5.26 Å². The Balaban J connectivity index is 1.10. The molecule has 2 aliphatic heterocycles. The molecule has 1 aromatic heterocycles. The molecular weight excluding hydrogens is 587 g/mol. The number of fused-ring (bicyclic) bond motifs is 2. The van der Waals surface area contributed by atoms with Crippen LogP contribution in [-0.4, -0.2) is 49.2 Å². The number of anilines is 4. The van der Waals surface area contributed by atoms with Gasteiger partial charge in [-0.25, -0.2) is 4.39 Å². The second-order valence-corrected chi connectivity index (χ2v) is 14.1. The molecule has 0 amide bonds. The summed E-state index contributed by atoms with van der Waals surface area (Å²) < 4.78 is 16.4. The molecule has 2 fully saturated rings. The lowest BCUT2D eigenvalue weighted by Gasteiger charge is -2.39. The monoisotopic (exact) mass is 632 g/mol. The fourth-order valence-electron chi connectivity index (χ4n) is 8.40. The molecule has 0 unspecified atom stereocenters. The van der Waals surface area contributed by atoms with Gasteiger partial charge in [0.25, 0.3) is 5.56 Å².